The fourth-order valence-corrected chi connectivity index (χ4v) is 3.58. The second-order valence-corrected chi connectivity index (χ2v) is 7.79. The summed E-state index contributed by atoms with van der Waals surface area (Å²) in [5.41, 5.74) is 1.37. The van der Waals surface area contributed by atoms with Crippen molar-refractivity contribution in [2.45, 2.75) is 19.3 Å². The zero-order valence-corrected chi connectivity index (χ0v) is 17.5. The van der Waals surface area contributed by atoms with E-state index in [9.17, 15) is 18.0 Å². The van der Waals surface area contributed by atoms with E-state index in [-0.39, 0.29) is 18.8 Å². The molecule has 164 valence electrons. The van der Waals surface area contributed by atoms with Gasteiger partial charge in [0.05, 0.1) is 11.3 Å². The van der Waals surface area contributed by atoms with Crippen LogP contribution >= 0.6 is 11.6 Å². The van der Waals surface area contributed by atoms with Crippen molar-refractivity contribution < 1.29 is 18.0 Å². The fourth-order valence-electron chi connectivity index (χ4n) is 3.46. The van der Waals surface area contributed by atoms with Gasteiger partial charge in [0.15, 0.2) is 0 Å². The predicted molar refractivity (Wildman–Crippen MR) is 119 cm³/mol. The quantitative estimate of drug-likeness (QED) is 0.330. The van der Waals surface area contributed by atoms with Crippen LogP contribution in [0.4, 0.5) is 23.7 Å². The number of carbonyl (C=O) groups is 1. The number of nitrogens with zero attached hydrogens (tertiary/aromatic N) is 1. The molecule has 0 saturated heterocycles. The van der Waals surface area contributed by atoms with Crippen LogP contribution in [-0.2, 0) is 19.3 Å². The Kier molecular flexibility index (Phi) is 6.10. The number of aromatic amines is 1. The molecule has 0 spiro atoms. The molecular weight excluding hydrogens is 439 g/mol. The third-order valence-electron chi connectivity index (χ3n) is 5.04. The number of carbonyl (C=O) groups excluding carboxylic acids is 1. The van der Waals surface area contributed by atoms with Crippen molar-refractivity contribution in [3.63, 3.8) is 0 Å². The van der Waals surface area contributed by atoms with Crippen molar-refractivity contribution in [3.8, 4) is 0 Å². The van der Waals surface area contributed by atoms with E-state index in [2.05, 4.69) is 10.3 Å². The van der Waals surface area contributed by atoms with Crippen molar-refractivity contribution in [3.05, 3.63) is 101 Å². The minimum Gasteiger partial charge on any atom is -0.361 e. The van der Waals surface area contributed by atoms with Crippen molar-refractivity contribution in [2.75, 3.05) is 5.32 Å². The van der Waals surface area contributed by atoms with Gasteiger partial charge in [0.2, 0.25) is 0 Å². The highest BCUT2D eigenvalue weighted by Gasteiger charge is 2.34. The van der Waals surface area contributed by atoms with Gasteiger partial charge < -0.3 is 15.2 Å². The van der Waals surface area contributed by atoms with Gasteiger partial charge in [0.1, 0.15) is 0 Å². The maximum atomic E-state index is 13.4. The number of hydrogen-bond acceptors (Lipinski definition) is 1. The smallest absolute Gasteiger partial charge is 0.361 e. The van der Waals surface area contributed by atoms with Gasteiger partial charge >= 0.3 is 12.2 Å². The molecule has 0 aliphatic heterocycles. The molecule has 0 fully saturated rings. The SMILES string of the molecule is O=C(Nc1ccccc1C(F)(F)F)N(Cc1ccc(Cl)cc1)Cc1ccc2cc[nH]c2c1. The van der Waals surface area contributed by atoms with Gasteiger partial charge in [-0.05, 0) is 52.9 Å². The summed E-state index contributed by atoms with van der Waals surface area (Å²) >= 11 is 5.95. The molecule has 2 amide bonds. The van der Waals surface area contributed by atoms with Gasteiger partial charge in [0.25, 0.3) is 0 Å². The summed E-state index contributed by atoms with van der Waals surface area (Å²) in [5.74, 6) is 0. The molecule has 4 nitrogen and oxygen atoms in total. The van der Waals surface area contributed by atoms with E-state index in [4.69, 9.17) is 11.6 Å². The minimum atomic E-state index is -4.58. The van der Waals surface area contributed by atoms with Crippen molar-refractivity contribution in [1.82, 2.24) is 9.88 Å². The summed E-state index contributed by atoms with van der Waals surface area (Å²) in [5, 5.41) is 4.02. The predicted octanol–water partition coefficient (Wildman–Crippen LogP) is 7.07. The van der Waals surface area contributed by atoms with Crippen molar-refractivity contribution >= 4 is 34.2 Å². The molecular formula is C24H19ClF3N3O. The van der Waals surface area contributed by atoms with Gasteiger partial charge in [-0.3, -0.25) is 0 Å². The third-order valence-corrected chi connectivity index (χ3v) is 5.29. The Morgan fingerprint density at radius 1 is 0.938 bits per heavy atom. The summed E-state index contributed by atoms with van der Waals surface area (Å²) in [6, 6.07) is 18.9. The molecule has 0 saturated carbocycles. The highest BCUT2D eigenvalue weighted by molar-refractivity contribution is 6.30. The summed E-state index contributed by atoms with van der Waals surface area (Å²) < 4.78 is 40.1. The molecule has 8 heteroatoms. The topological polar surface area (TPSA) is 48.1 Å². The molecule has 1 aromatic heterocycles. The van der Waals surface area contributed by atoms with Crippen LogP contribution in [0.1, 0.15) is 16.7 Å². The third kappa shape index (κ3) is 5.06. The molecule has 0 radical (unpaired) electrons. The zero-order chi connectivity index (χ0) is 22.7. The Morgan fingerprint density at radius 2 is 1.62 bits per heavy atom. The number of anilines is 1. The van der Waals surface area contributed by atoms with Gasteiger partial charge in [-0.15, -0.1) is 0 Å². The maximum absolute atomic E-state index is 13.4. The Morgan fingerprint density at radius 3 is 2.38 bits per heavy atom. The van der Waals surface area contributed by atoms with Crippen LogP contribution in [-0.4, -0.2) is 15.9 Å². The van der Waals surface area contributed by atoms with Crippen LogP contribution in [0.3, 0.4) is 0 Å². The molecule has 4 rings (SSSR count). The number of rotatable bonds is 5. The van der Waals surface area contributed by atoms with E-state index >= 15 is 0 Å². The summed E-state index contributed by atoms with van der Waals surface area (Å²) in [6.07, 6.45) is -2.76. The van der Waals surface area contributed by atoms with E-state index < -0.39 is 17.8 Å². The van der Waals surface area contributed by atoms with E-state index in [1.165, 1.54) is 23.1 Å². The first-order valence-corrected chi connectivity index (χ1v) is 10.2. The number of amides is 2. The number of aromatic nitrogens is 1. The Balaban J connectivity index is 1.62. The lowest BCUT2D eigenvalue weighted by Crippen LogP contribution is -2.34. The largest absolute Gasteiger partial charge is 0.418 e. The Labute approximate surface area is 187 Å². The van der Waals surface area contributed by atoms with Crippen LogP contribution in [0.25, 0.3) is 10.9 Å². The normalized spacial score (nSPS) is 11.5. The molecule has 0 aliphatic carbocycles. The van der Waals surface area contributed by atoms with Gasteiger partial charge in [0, 0.05) is 29.8 Å². The van der Waals surface area contributed by atoms with Crippen LogP contribution in [0.15, 0.2) is 79.0 Å². The van der Waals surface area contributed by atoms with Gasteiger partial charge in [-0.2, -0.15) is 13.2 Å². The molecule has 3 aromatic carbocycles. The zero-order valence-electron chi connectivity index (χ0n) is 16.8. The minimum absolute atomic E-state index is 0.194. The van der Waals surface area contributed by atoms with E-state index in [0.29, 0.717) is 5.02 Å². The number of H-pyrrole nitrogens is 1. The molecule has 2 N–H and O–H groups in total. The van der Waals surface area contributed by atoms with E-state index in [0.717, 1.165) is 28.1 Å². The summed E-state index contributed by atoms with van der Waals surface area (Å²) in [7, 11) is 0. The number of benzene rings is 3. The lowest BCUT2D eigenvalue weighted by atomic mass is 10.1. The molecule has 4 aromatic rings. The Bertz CT molecular complexity index is 1240. The van der Waals surface area contributed by atoms with E-state index in [1.807, 2.05) is 30.5 Å². The average molecular weight is 458 g/mol. The number of urea groups is 1. The van der Waals surface area contributed by atoms with Crippen LogP contribution < -0.4 is 5.32 Å². The highest BCUT2D eigenvalue weighted by atomic mass is 35.5. The average Bonchev–Trinajstić information content (AvgIpc) is 3.22. The standard InChI is InChI=1S/C24H19ClF3N3O/c25-19-9-6-16(7-10-19)14-31(15-17-5-8-18-11-12-29-22(18)13-17)23(32)30-21-4-2-1-3-20(21)24(26,27)28/h1-13,29H,14-15H2,(H,30,32). The Hall–Kier alpha value is -3.45. The first-order valence-electron chi connectivity index (χ1n) is 9.82. The number of fused-ring (bicyclic) bond motifs is 1. The maximum Gasteiger partial charge on any atom is 0.418 e. The number of alkyl halides is 3. The first kappa shape index (κ1) is 21.8. The lowest BCUT2D eigenvalue weighted by molar-refractivity contribution is -0.136. The van der Waals surface area contributed by atoms with Crippen molar-refractivity contribution in [1.29, 1.82) is 0 Å². The van der Waals surface area contributed by atoms with Crippen molar-refractivity contribution in [2.24, 2.45) is 0 Å². The van der Waals surface area contributed by atoms with Crippen LogP contribution in [0, 0.1) is 0 Å². The molecule has 0 bridgehead atoms. The number of para-hydroxylation sites is 1. The summed E-state index contributed by atoms with van der Waals surface area (Å²) in [4.78, 5) is 17.7. The molecule has 0 aliphatic rings. The molecule has 0 atom stereocenters. The fraction of sp³-hybridized carbons (Fsp3) is 0.125. The highest BCUT2D eigenvalue weighted by Crippen LogP contribution is 2.34. The number of nitrogens with one attached hydrogen (secondary N) is 2. The second kappa shape index (κ2) is 8.96. The van der Waals surface area contributed by atoms with Crippen LogP contribution in [0.5, 0.6) is 0 Å². The van der Waals surface area contributed by atoms with E-state index in [1.54, 1.807) is 24.3 Å². The first-order chi connectivity index (χ1) is 15.3. The number of halogens is 4. The monoisotopic (exact) mass is 457 g/mol. The van der Waals surface area contributed by atoms with Crippen LogP contribution in [0.2, 0.25) is 5.02 Å². The second-order valence-electron chi connectivity index (χ2n) is 7.36. The lowest BCUT2D eigenvalue weighted by Gasteiger charge is -2.24. The molecule has 1 heterocycles. The summed E-state index contributed by atoms with van der Waals surface area (Å²) in [6.45, 7) is 0.400. The van der Waals surface area contributed by atoms with Gasteiger partial charge in [-0.1, -0.05) is 48.0 Å². The molecule has 0 unspecified atom stereocenters. The van der Waals surface area contributed by atoms with Gasteiger partial charge in [-0.25, -0.2) is 4.79 Å². The number of hydrogen-bond donors (Lipinski definition) is 2. The molecule has 32 heavy (non-hydrogen) atoms.